The van der Waals surface area contributed by atoms with Crippen LogP contribution in [0.3, 0.4) is 0 Å². The van der Waals surface area contributed by atoms with Gasteiger partial charge in [-0.2, -0.15) is 0 Å². The van der Waals surface area contributed by atoms with E-state index < -0.39 is 0 Å². The quantitative estimate of drug-likeness (QED) is 0.700. The van der Waals surface area contributed by atoms with Gasteiger partial charge in [0.25, 0.3) is 5.91 Å². The highest BCUT2D eigenvalue weighted by molar-refractivity contribution is 5.94. The molecule has 3 aromatic rings. The summed E-state index contributed by atoms with van der Waals surface area (Å²) in [6.07, 6.45) is 1.89. The van der Waals surface area contributed by atoms with Crippen LogP contribution in [0.4, 0.5) is 11.6 Å². The zero-order chi connectivity index (χ0) is 19.0. The molecule has 1 aliphatic heterocycles. The molecule has 4 heterocycles. The smallest absolute Gasteiger partial charge is 0.272 e. The second-order valence-corrected chi connectivity index (χ2v) is 6.90. The number of rotatable bonds is 3. The van der Waals surface area contributed by atoms with E-state index in [9.17, 15) is 4.79 Å². The normalized spacial score (nSPS) is 14.6. The molecule has 1 fully saturated rings. The lowest BCUT2D eigenvalue weighted by Gasteiger charge is -2.35. The second-order valence-electron chi connectivity index (χ2n) is 6.90. The predicted octanol–water partition coefficient (Wildman–Crippen LogP) is 1.46. The molecule has 0 N–H and O–H groups in total. The summed E-state index contributed by atoms with van der Waals surface area (Å²) in [5.74, 6) is 1.70. The Balaban J connectivity index is 1.47. The van der Waals surface area contributed by atoms with Gasteiger partial charge in [-0.1, -0.05) is 6.07 Å². The first-order chi connectivity index (χ1) is 13.0. The van der Waals surface area contributed by atoms with Crippen LogP contribution in [0.15, 0.2) is 36.5 Å². The largest absolute Gasteiger partial charge is 0.361 e. The SMILES string of the molecule is Cc1nc2ccccn2c1C(=O)N1CCN(c2ccc(N(C)C)nn2)CC1. The molecule has 0 atom stereocenters. The fourth-order valence-electron chi connectivity index (χ4n) is 3.38. The summed E-state index contributed by atoms with van der Waals surface area (Å²) in [7, 11) is 3.88. The van der Waals surface area contributed by atoms with E-state index in [4.69, 9.17) is 0 Å². The monoisotopic (exact) mass is 365 g/mol. The van der Waals surface area contributed by atoms with Crippen molar-refractivity contribution in [2.75, 3.05) is 50.1 Å². The first-order valence-electron chi connectivity index (χ1n) is 9.03. The molecule has 1 amide bonds. The average molecular weight is 365 g/mol. The lowest BCUT2D eigenvalue weighted by atomic mass is 10.2. The Morgan fingerprint density at radius 2 is 1.81 bits per heavy atom. The van der Waals surface area contributed by atoms with Crippen molar-refractivity contribution in [3.8, 4) is 0 Å². The number of piperazine rings is 1. The van der Waals surface area contributed by atoms with Gasteiger partial charge >= 0.3 is 0 Å². The number of imidazole rings is 1. The summed E-state index contributed by atoms with van der Waals surface area (Å²) in [5, 5.41) is 8.55. The first kappa shape index (κ1) is 17.3. The van der Waals surface area contributed by atoms with Crippen molar-refractivity contribution in [2.45, 2.75) is 6.92 Å². The summed E-state index contributed by atoms with van der Waals surface area (Å²) in [5.41, 5.74) is 2.21. The topological polar surface area (TPSA) is 69.9 Å². The van der Waals surface area contributed by atoms with Crippen molar-refractivity contribution in [1.82, 2.24) is 24.5 Å². The van der Waals surface area contributed by atoms with Gasteiger partial charge in [-0.3, -0.25) is 9.20 Å². The Hall–Kier alpha value is -3.16. The van der Waals surface area contributed by atoms with Gasteiger partial charge in [0.15, 0.2) is 11.6 Å². The number of pyridine rings is 1. The Bertz CT molecular complexity index is 956. The summed E-state index contributed by atoms with van der Waals surface area (Å²) in [6.45, 7) is 4.65. The average Bonchev–Trinajstić information content (AvgIpc) is 3.03. The van der Waals surface area contributed by atoms with Gasteiger partial charge in [0.1, 0.15) is 11.3 Å². The predicted molar refractivity (Wildman–Crippen MR) is 104 cm³/mol. The molecule has 1 saturated heterocycles. The van der Waals surface area contributed by atoms with Crippen LogP contribution in [0, 0.1) is 6.92 Å². The zero-order valence-electron chi connectivity index (χ0n) is 15.8. The molecule has 140 valence electrons. The molecule has 8 nitrogen and oxygen atoms in total. The Labute approximate surface area is 158 Å². The van der Waals surface area contributed by atoms with Crippen molar-refractivity contribution in [3.63, 3.8) is 0 Å². The number of hydrogen-bond donors (Lipinski definition) is 0. The van der Waals surface area contributed by atoms with Crippen LogP contribution in [0.5, 0.6) is 0 Å². The number of carbonyl (C=O) groups is 1. The van der Waals surface area contributed by atoms with Crippen LogP contribution >= 0.6 is 0 Å². The Morgan fingerprint density at radius 3 is 2.48 bits per heavy atom. The summed E-state index contributed by atoms with van der Waals surface area (Å²) >= 11 is 0. The van der Waals surface area contributed by atoms with E-state index in [1.807, 2.05) is 71.7 Å². The minimum atomic E-state index is 0.0277. The van der Waals surface area contributed by atoms with Crippen molar-refractivity contribution < 1.29 is 4.79 Å². The number of hydrogen-bond acceptors (Lipinski definition) is 6. The number of nitrogens with zero attached hydrogens (tertiary/aromatic N) is 7. The fourth-order valence-corrected chi connectivity index (χ4v) is 3.38. The molecular weight excluding hydrogens is 342 g/mol. The molecule has 27 heavy (non-hydrogen) atoms. The van der Waals surface area contributed by atoms with Gasteiger partial charge in [-0.15, -0.1) is 10.2 Å². The number of aryl methyl sites for hydroxylation is 1. The number of amides is 1. The van der Waals surface area contributed by atoms with Gasteiger partial charge in [0.2, 0.25) is 0 Å². The Morgan fingerprint density at radius 1 is 1.04 bits per heavy atom. The van der Waals surface area contributed by atoms with Gasteiger partial charge in [0, 0.05) is 46.5 Å². The highest BCUT2D eigenvalue weighted by atomic mass is 16.2. The van der Waals surface area contributed by atoms with E-state index in [2.05, 4.69) is 20.1 Å². The van der Waals surface area contributed by atoms with Gasteiger partial charge in [-0.25, -0.2) is 4.98 Å². The minimum Gasteiger partial charge on any atom is -0.361 e. The number of anilines is 2. The molecule has 0 spiro atoms. The molecule has 0 radical (unpaired) electrons. The first-order valence-corrected chi connectivity index (χ1v) is 9.03. The molecule has 3 aromatic heterocycles. The maximum atomic E-state index is 13.1. The van der Waals surface area contributed by atoms with Crippen molar-refractivity contribution >= 4 is 23.2 Å². The van der Waals surface area contributed by atoms with Gasteiger partial charge in [0.05, 0.1) is 5.69 Å². The summed E-state index contributed by atoms with van der Waals surface area (Å²) < 4.78 is 1.87. The lowest BCUT2D eigenvalue weighted by Crippen LogP contribution is -2.49. The third-order valence-electron chi connectivity index (χ3n) is 4.89. The lowest BCUT2D eigenvalue weighted by molar-refractivity contribution is 0.0738. The van der Waals surface area contributed by atoms with E-state index in [-0.39, 0.29) is 5.91 Å². The maximum absolute atomic E-state index is 13.1. The van der Waals surface area contributed by atoms with Crippen LogP contribution in [-0.2, 0) is 0 Å². The minimum absolute atomic E-state index is 0.0277. The van der Waals surface area contributed by atoms with Crippen molar-refractivity contribution in [1.29, 1.82) is 0 Å². The van der Waals surface area contributed by atoms with Gasteiger partial charge < -0.3 is 14.7 Å². The van der Waals surface area contributed by atoms with Crippen LogP contribution < -0.4 is 9.80 Å². The second kappa shape index (κ2) is 6.86. The van der Waals surface area contributed by atoms with Gasteiger partial charge in [-0.05, 0) is 31.2 Å². The molecule has 4 rings (SSSR count). The van der Waals surface area contributed by atoms with Crippen LogP contribution in [-0.4, -0.2) is 70.7 Å². The van der Waals surface area contributed by atoms with Crippen molar-refractivity contribution in [3.05, 3.63) is 47.9 Å². The summed E-state index contributed by atoms with van der Waals surface area (Å²) in [6, 6.07) is 9.70. The fraction of sp³-hybridized carbons (Fsp3) is 0.368. The molecule has 0 bridgehead atoms. The molecule has 1 aliphatic rings. The van der Waals surface area contributed by atoms with Crippen LogP contribution in [0.1, 0.15) is 16.2 Å². The Kier molecular flexibility index (Phi) is 4.39. The number of fused-ring (bicyclic) bond motifs is 1. The van der Waals surface area contributed by atoms with E-state index in [0.29, 0.717) is 18.8 Å². The molecule has 0 unspecified atom stereocenters. The van der Waals surface area contributed by atoms with Crippen LogP contribution in [0.2, 0.25) is 0 Å². The molecule has 0 aromatic carbocycles. The molecule has 0 saturated carbocycles. The number of carbonyl (C=O) groups excluding carboxylic acids is 1. The third-order valence-corrected chi connectivity index (χ3v) is 4.89. The zero-order valence-corrected chi connectivity index (χ0v) is 15.8. The molecule has 0 aliphatic carbocycles. The van der Waals surface area contributed by atoms with E-state index in [1.54, 1.807) is 0 Å². The highest BCUT2D eigenvalue weighted by Gasteiger charge is 2.26. The standard InChI is InChI=1S/C19H23N7O/c1-14-18(26-9-5-4-6-15(26)20-14)19(27)25-12-10-24(11-13-25)17-8-7-16(21-22-17)23(2)3/h4-9H,10-13H2,1-3H3. The van der Waals surface area contributed by atoms with E-state index >= 15 is 0 Å². The van der Waals surface area contributed by atoms with Crippen LogP contribution in [0.25, 0.3) is 5.65 Å². The molecule has 8 heteroatoms. The summed E-state index contributed by atoms with van der Waals surface area (Å²) in [4.78, 5) is 23.5. The highest BCUT2D eigenvalue weighted by Crippen LogP contribution is 2.18. The maximum Gasteiger partial charge on any atom is 0.272 e. The molecular formula is C19H23N7O. The number of aromatic nitrogens is 4. The van der Waals surface area contributed by atoms with E-state index in [1.165, 1.54) is 0 Å². The van der Waals surface area contributed by atoms with E-state index in [0.717, 1.165) is 36.1 Å². The van der Waals surface area contributed by atoms with Crippen molar-refractivity contribution in [2.24, 2.45) is 0 Å². The third kappa shape index (κ3) is 3.18.